The van der Waals surface area contributed by atoms with Crippen molar-refractivity contribution in [1.82, 2.24) is 5.32 Å². The summed E-state index contributed by atoms with van der Waals surface area (Å²) in [4.78, 5) is 12.5. The maximum Gasteiger partial charge on any atom is 0.220 e. The van der Waals surface area contributed by atoms with Gasteiger partial charge in [-0.25, -0.2) is 0 Å². The lowest BCUT2D eigenvalue weighted by Gasteiger charge is -2.19. The van der Waals surface area contributed by atoms with Gasteiger partial charge in [0.05, 0.1) is 18.8 Å². The van der Waals surface area contributed by atoms with Crippen LogP contribution in [-0.4, -0.2) is 34.9 Å². The quantitative estimate of drug-likeness (QED) is 0.0420. The van der Waals surface area contributed by atoms with Crippen LogP contribution < -0.4 is 5.32 Å². The van der Waals surface area contributed by atoms with E-state index >= 15 is 0 Å². The first-order valence-corrected chi connectivity index (χ1v) is 34.7. The number of carbonyl (C=O) groups excluding carboxylic acids is 1. The maximum atomic E-state index is 12.5. The Labute approximate surface area is 499 Å². The van der Waals surface area contributed by atoms with Crippen molar-refractivity contribution >= 4 is 5.91 Å². The molecule has 0 saturated carbocycles. The number of amides is 1. The van der Waals surface area contributed by atoms with Crippen molar-refractivity contribution in [2.45, 2.75) is 347 Å². The summed E-state index contributed by atoms with van der Waals surface area (Å²) < 4.78 is 0. The van der Waals surface area contributed by atoms with Crippen LogP contribution in [0.2, 0.25) is 0 Å². The van der Waals surface area contributed by atoms with E-state index in [1.165, 1.54) is 225 Å². The Morgan fingerprint density at radius 1 is 0.312 bits per heavy atom. The zero-order chi connectivity index (χ0) is 57.6. The fourth-order valence-electron chi connectivity index (χ4n) is 10.2. The summed E-state index contributed by atoms with van der Waals surface area (Å²) in [6.45, 7) is 4.20. The minimum absolute atomic E-state index is 0.0798. The molecule has 80 heavy (non-hydrogen) atoms. The molecule has 2 unspecified atom stereocenters. The molecule has 0 aliphatic carbocycles. The molecule has 0 saturated heterocycles. The van der Waals surface area contributed by atoms with Crippen LogP contribution in [0.4, 0.5) is 0 Å². The first-order valence-electron chi connectivity index (χ1n) is 34.7. The van der Waals surface area contributed by atoms with Gasteiger partial charge >= 0.3 is 0 Å². The van der Waals surface area contributed by atoms with Crippen LogP contribution in [-0.2, 0) is 4.79 Å². The van der Waals surface area contributed by atoms with Crippen molar-refractivity contribution in [3.05, 3.63) is 122 Å². The summed E-state index contributed by atoms with van der Waals surface area (Å²) in [6, 6.07) is -0.652. The highest BCUT2D eigenvalue weighted by Gasteiger charge is 2.18. The van der Waals surface area contributed by atoms with Gasteiger partial charge in [0, 0.05) is 6.42 Å². The van der Waals surface area contributed by atoms with Crippen LogP contribution >= 0.6 is 0 Å². The van der Waals surface area contributed by atoms with Crippen LogP contribution in [0.3, 0.4) is 0 Å². The Hall–Kier alpha value is -3.21. The third-order valence-electron chi connectivity index (χ3n) is 15.4. The van der Waals surface area contributed by atoms with Gasteiger partial charge < -0.3 is 15.5 Å². The van der Waals surface area contributed by atoms with E-state index in [2.05, 4.69) is 129 Å². The van der Waals surface area contributed by atoms with Crippen molar-refractivity contribution < 1.29 is 15.0 Å². The van der Waals surface area contributed by atoms with Crippen molar-refractivity contribution in [3.63, 3.8) is 0 Å². The lowest BCUT2D eigenvalue weighted by Crippen LogP contribution is -2.45. The van der Waals surface area contributed by atoms with Crippen molar-refractivity contribution in [3.8, 4) is 0 Å². The molecule has 0 aliphatic heterocycles. The fraction of sp³-hybridized carbons (Fsp3) is 0.724. The van der Waals surface area contributed by atoms with E-state index in [9.17, 15) is 15.0 Å². The molecular weight excluding hydrogens is 975 g/mol. The van der Waals surface area contributed by atoms with Crippen LogP contribution in [0.5, 0.6) is 0 Å². The second kappa shape index (κ2) is 70.1. The van der Waals surface area contributed by atoms with E-state index < -0.39 is 12.1 Å². The third kappa shape index (κ3) is 65.6. The van der Waals surface area contributed by atoms with Gasteiger partial charge in [-0.15, -0.1) is 0 Å². The normalized spacial score (nSPS) is 13.5. The number of rotatable bonds is 63. The topological polar surface area (TPSA) is 69.6 Å². The summed E-state index contributed by atoms with van der Waals surface area (Å²) in [6.07, 6.45) is 107. The zero-order valence-electron chi connectivity index (χ0n) is 53.1. The summed E-state index contributed by atoms with van der Waals surface area (Å²) in [7, 11) is 0. The second-order valence-corrected chi connectivity index (χ2v) is 23.2. The number of allylic oxidation sites excluding steroid dienone is 19. The Balaban J connectivity index is 3.55. The standard InChI is InChI=1S/C76H133NO3/c1-3-5-7-9-11-13-15-17-19-21-23-25-27-29-31-33-35-37-38-40-42-44-46-48-50-52-54-56-58-60-62-64-66-68-70-72-76(80)77-74(73-78)75(79)71-69-67-65-63-61-59-57-55-53-51-49-47-45-43-41-39-36-34-32-30-28-26-24-22-20-18-16-14-12-10-8-6-4-2/h5,7,11,13,17,19,23,25,29,31,35,37,40,42,46,48,61,63,69,71,74-75,78-79H,3-4,6,8-10,12,14-16,18,20-22,24,26-28,30,32-34,36,38-39,41,43-45,47,49-60,62,64-68,70,72-73H2,1-2H3,(H,77,80)/b7-5-,13-11-,19-17-,25-23-,31-29-,37-35-,42-40-,48-46-,63-61+,71-69+. The van der Waals surface area contributed by atoms with Gasteiger partial charge in [0.25, 0.3) is 0 Å². The molecule has 2 atom stereocenters. The second-order valence-electron chi connectivity index (χ2n) is 23.2. The molecule has 4 heteroatoms. The average molecular weight is 1110 g/mol. The van der Waals surface area contributed by atoms with E-state index in [1.807, 2.05) is 6.08 Å². The number of aliphatic hydroxyl groups is 2. The zero-order valence-corrected chi connectivity index (χ0v) is 53.1. The minimum Gasteiger partial charge on any atom is -0.394 e. The molecule has 0 rings (SSSR count). The van der Waals surface area contributed by atoms with E-state index in [1.54, 1.807) is 6.08 Å². The number of carbonyl (C=O) groups is 1. The number of aliphatic hydroxyl groups excluding tert-OH is 2. The third-order valence-corrected chi connectivity index (χ3v) is 15.4. The first kappa shape index (κ1) is 76.8. The molecular formula is C76H133NO3. The summed E-state index contributed by atoms with van der Waals surface area (Å²) in [5, 5.41) is 23.3. The van der Waals surface area contributed by atoms with Gasteiger partial charge in [-0.1, -0.05) is 354 Å². The summed E-state index contributed by atoms with van der Waals surface area (Å²) >= 11 is 0. The molecule has 0 spiro atoms. The highest BCUT2D eigenvalue weighted by Crippen LogP contribution is 2.18. The van der Waals surface area contributed by atoms with Gasteiger partial charge in [-0.2, -0.15) is 0 Å². The lowest BCUT2D eigenvalue weighted by molar-refractivity contribution is -0.123. The Morgan fingerprint density at radius 2 is 0.562 bits per heavy atom. The molecule has 1 amide bonds. The van der Waals surface area contributed by atoms with Crippen LogP contribution in [0, 0.1) is 0 Å². The summed E-state index contributed by atoms with van der Waals surface area (Å²) in [5.41, 5.74) is 0. The van der Waals surface area contributed by atoms with Crippen LogP contribution in [0.15, 0.2) is 122 Å². The number of nitrogens with one attached hydrogen (secondary N) is 1. The van der Waals surface area contributed by atoms with Gasteiger partial charge in [0.1, 0.15) is 0 Å². The number of hydrogen-bond donors (Lipinski definition) is 3. The number of unbranched alkanes of at least 4 members (excludes halogenated alkanes) is 38. The van der Waals surface area contributed by atoms with Gasteiger partial charge in [0.2, 0.25) is 5.91 Å². The van der Waals surface area contributed by atoms with E-state index in [4.69, 9.17) is 0 Å². The molecule has 4 nitrogen and oxygen atoms in total. The van der Waals surface area contributed by atoms with Gasteiger partial charge in [-0.05, 0) is 96.3 Å². The average Bonchev–Trinajstić information content (AvgIpc) is 3.46. The number of hydrogen-bond acceptors (Lipinski definition) is 3. The predicted molar refractivity (Wildman–Crippen MR) is 359 cm³/mol. The minimum atomic E-state index is -0.874. The van der Waals surface area contributed by atoms with Crippen molar-refractivity contribution in [1.29, 1.82) is 0 Å². The fourth-order valence-corrected chi connectivity index (χ4v) is 10.2. The molecule has 0 heterocycles. The highest BCUT2D eigenvalue weighted by molar-refractivity contribution is 5.76. The van der Waals surface area contributed by atoms with Gasteiger partial charge in [0.15, 0.2) is 0 Å². The molecule has 0 bridgehead atoms. The maximum absolute atomic E-state index is 12.5. The van der Waals surface area contributed by atoms with Crippen LogP contribution in [0.1, 0.15) is 335 Å². The largest absolute Gasteiger partial charge is 0.394 e. The molecule has 0 aromatic rings. The Bertz CT molecular complexity index is 1540. The van der Waals surface area contributed by atoms with E-state index in [0.29, 0.717) is 6.42 Å². The smallest absolute Gasteiger partial charge is 0.220 e. The van der Waals surface area contributed by atoms with E-state index in [0.717, 1.165) is 89.9 Å². The molecule has 0 aromatic heterocycles. The van der Waals surface area contributed by atoms with Crippen molar-refractivity contribution in [2.24, 2.45) is 0 Å². The molecule has 0 fully saturated rings. The molecule has 0 radical (unpaired) electrons. The highest BCUT2D eigenvalue weighted by atomic mass is 16.3. The van der Waals surface area contributed by atoms with Crippen molar-refractivity contribution in [2.75, 3.05) is 6.61 Å². The molecule has 460 valence electrons. The molecule has 0 aliphatic rings. The van der Waals surface area contributed by atoms with Crippen LogP contribution in [0.25, 0.3) is 0 Å². The SMILES string of the molecule is CC/C=C\C/C=C\C/C=C\C/C=C\C/C=C\C/C=C\C/C=C\C/C=C\CCCCCCCCCCCCC(=O)NC(CO)C(O)/C=C/CC/C=C/CCCCCCCCCCCCCCCCCCCCCCCCCCCCC. The predicted octanol–water partition coefficient (Wildman–Crippen LogP) is 23.9. The lowest BCUT2D eigenvalue weighted by atomic mass is 10.0. The molecule has 3 N–H and O–H groups in total. The first-order chi connectivity index (χ1) is 39.7. The Kier molecular flexibility index (Phi) is 67.2. The molecule has 0 aromatic carbocycles. The Morgan fingerprint density at radius 3 is 0.875 bits per heavy atom. The van der Waals surface area contributed by atoms with E-state index in [-0.39, 0.29) is 12.5 Å². The van der Waals surface area contributed by atoms with Gasteiger partial charge in [-0.3, -0.25) is 4.79 Å². The summed E-state index contributed by atoms with van der Waals surface area (Å²) in [5.74, 6) is -0.0798. The monoisotopic (exact) mass is 1110 g/mol.